The highest BCUT2D eigenvalue weighted by Crippen LogP contribution is 2.16. The van der Waals surface area contributed by atoms with E-state index in [0.717, 1.165) is 13.0 Å². The molecule has 0 aromatic heterocycles. The maximum atomic E-state index is 10.6. The Balaban J connectivity index is 0.000000791. The van der Waals surface area contributed by atoms with E-state index >= 15 is 0 Å². The number of likely N-dealkylation sites (tertiary alicyclic amines) is 1. The highest BCUT2D eigenvalue weighted by Gasteiger charge is 2.19. The predicted octanol–water partition coefficient (Wildman–Crippen LogP) is 1.63. The summed E-state index contributed by atoms with van der Waals surface area (Å²) < 4.78 is 0. The largest absolute Gasteiger partial charge is 0.356 e. The molecule has 0 aromatic carbocycles. The van der Waals surface area contributed by atoms with Crippen molar-refractivity contribution >= 4 is 5.91 Å². The minimum atomic E-state index is 0.0793. The van der Waals surface area contributed by atoms with Gasteiger partial charge < -0.3 is 10.2 Å². The van der Waals surface area contributed by atoms with Gasteiger partial charge in [-0.2, -0.15) is 0 Å². The Kier molecular flexibility index (Phi) is 7.48. The first-order valence-corrected chi connectivity index (χ1v) is 5.65. The lowest BCUT2D eigenvalue weighted by atomic mass is 10.1. The fourth-order valence-corrected chi connectivity index (χ4v) is 1.76. The van der Waals surface area contributed by atoms with Crippen molar-refractivity contribution < 1.29 is 4.79 Å². The highest BCUT2D eigenvalue weighted by atomic mass is 16.1. The van der Waals surface area contributed by atoms with Crippen LogP contribution in [0.25, 0.3) is 0 Å². The van der Waals surface area contributed by atoms with Gasteiger partial charge in [-0.15, -0.1) is 0 Å². The van der Waals surface area contributed by atoms with Crippen LogP contribution in [0.3, 0.4) is 0 Å². The van der Waals surface area contributed by atoms with Gasteiger partial charge in [0.25, 0.3) is 0 Å². The van der Waals surface area contributed by atoms with E-state index in [1.807, 2.05) is 13.8 Å². The van der Waals surface area contributed by atoms with Crippen LogP contribution in [0.2, 0.25) is 0 Å². The Labute approximate surface area is 87.9 Å². The van der Waals surface area contributed by atoms with Gasteiger partial charge in [0.05, 0.1) is 0 Å². The van der Waals surface area contributed by atoms with Crippen LogP contribution < -0.4 is 5.32 Å². The molecule has 1 aliphatic heterocycles. The van der Waals surface area contributed by atoms with Gasteiger partial charge in [-0.3, -0.25) is 4.79 Å². The monoisotopic (exact) mass is 200 g/mol. The number of rotatable bonds is 3. The van der Waals surface area contributed by atoms with Crippen molar-refractivity contribution in [3.05, 3.63) is 0 Å². The van der Waals surface area contributed by atoms with Gasteiger partial charge >= 0.3 is 0 Å². The van der Waals surface area contributed by atoms with Gasteiger partial charge in [-0.1, -0.05) is 13.8 Å². The first-order chi connectivity index (χ1) is 6.70. The summed E-state index contributed by atoms with van der Waals surface area (Å²) in [5, 5.41) is 2.83. The lowest BCUT2D eigenvalue weighted by molar-refractivity contribution is -0.119. The van der Waals surface area contributed by atoms with Crippen LogP contribution in [-0.2, 0) is 4.79 Å². The number of nitrogens with zero attached hydrogens (tertiary/aromatic N) is 1. The zero-order valence-corrected chi connectivity index (χ0v) is 9.97. The quantitative estimate of drug-likeness (QED) is 0.751. The normalized spacial score (nSPS) is 21.3. The molecule has 14 heavy (non-hydrogen) atoms. The number of carbonyl (C=O) groups is 1. The Morgan fingerprint density at radius 3 is 2.57 bits per heavy atom. The summed E-state index contributed by atoms with van der Waals surface area (Å²) in [6.07, 6.45) is 3.69. The molecule has 3 heteroatoms. The molecule has 0 bridgehead atoms. The molecule has 84 valence electrons. The zero-order chi connectivity index (χ0) is 11.0. The third kappa shape index (κ3) is 5.22. The number of nitrogens with one attached hydrogen (secondary N) is 1. The Bertz CT molecular complexity index is 159. The minimum absolute atomic E-state index is 0.0793. The van der Waals surface area contributed by atoms with Crippen molar-refractivity contribution in [1.82, 2.24) is 10.2 Å². The van der Waals surface area contributed by atoms with E-state index in [4.69, 9.17) is 0 Å². The molecule has 1 fully saturated rings. The van der Waals surface area contributed by atoms with Crippen LogP contribution in [-0.4, -0.2) is 37.0 Å². The van der Waals surface area contributed by atoms with Crippen molar-refractivity contribution in [2.75, 3.05) is 20.1 Å². The summed E-state index contributed by atoms with van der Waals surface area (Å²) in [4.78, 5) is 13.0. The standard InChI is InChI=1S/C9H18N2O.C2H6/c1-8(12)10-6-5-9-4-3-7-11(9)2;1-2/h9H,3-7H2,1-2H3,(H,10,12);1-2H3. The van der Waals surface area contributed by atoms with Crippen LogP contribution in [0, 0.1) is 0 Å². The highest BCUT2D eigenvalue weighted by molar-refractivity contribution is 5.72. The Morgan fingerprint density at radius 1 is 1.50 bits per heavy atom. The maximum absolute atomic E-state index is 10.6. The topological polar surface area (TPSA) is 32.3 Å². The van der Waals surface area contributed by atoms with E-state index in [1.54, 1.807) is 6.92 Å². The van der Waals surface area contributed by atoms with Crippen LogP contribution in [0.15, 0.2) is 0 Å². The molecule has 1 aliphatic rings. The second-order valence-corrected chi connectivity index (χ2v) is 3.55. The van der Waals surface area contributed by atoms with E-state index < -0.39 is 0 Å². The van der Waals surface area contributed by atoms with E-state index in [0.29, 0.717) is 6.04 Å². The number of hydrogen-bond acceptors (Lipinski definition) is 2. The van der Waals surface area contributed by atoms with Crippen LogP contribution >= 0.6 is 0 Å². The Hall–Kier alpha value is -0.570. The maximum Gasteiger partial charge on any atom is 0.216 e. The van der Waals surface area contributed by atoms with E-state index in [-0.39, 0.29) is 5.91 Å². The molecule has 0 aliphatic carbocycles. The molecule has 1 heterocycles. The molecule has 1 amide bonds. The van der Waals surface area contributed by atoms with Crippen molar-refractivity contribution in [2.24, 2.45) is 0 Å². The molecule has 1 atom stereocenters. The van der Waals surface area contributed by atoms with E-state index in [1.165, 1.54) is 19.4 Å². The van der Waals surface area contributed by atoms with Gasteiger partial charge in [-0.05, 0) is 32.9 Å². The predicted molar refractivity (Wildman–Crippen MR) is 60.3 cm³/mol. The van der Waals surface area contributed by atoms with Gasteiger partial charge in [0.1, 0.15) is 0 Å². The van der Waals surface area contributed by atoms with Gasteiger partial charge in [0.15, 0.2) is 0 Å². The molecule has 1 saturated heterocycles. The molecule has 1 rings (SSSR count). The van der Waals surface area contributed by atoms with E-state index in [9.17, 15) is 4.79 Å². The fourth-order valence-electron chi connectivity index (χ4n) is 1.76. The summed E-state index contributed by atoms with van der Waals surface area (Å²) in [6, 6.07) is 0.692. The number of hydrogen-bond donors (Lipinski definition) is 1. The summed E-state index contributed by atoms with van der Waals surface area (Å²) in [7, 11) is 2.16. The third-order valence-electron chi connectivity index (χ3n) is 2.52. The van der Waals surface area contributed by atoms with Gasteiger partial charge in [0, 0.05) is 19.5 Å². The van der Waals surface area contributed by atoms with Crippen LogP contribution in [0.5, 0.6) is 0 Å². The molecule has 0 radical (unpaired) electrons. The van der Waals surface area contributed by atoms with Crippen molar-refractivity contribution in [3.63, 3.8) is 0 Å². The summed E-state index contributed by atoms with van der Waals surface area (Å²) >= 11 is 0. The molecule has 3 nitrogen and oxygen atoms in total. The molecule has 1 unspecified atom stereocenters. The van der Waals surface area contributed by atoms with E-state index in [2.05, 4.69) is 17.3 Å². The lowest BCUT2D eigenvalue weighted by Gasteiger charge is -2.18. The van der Waals surface area contributed by atoms with Crippen LogP contribution in [0.4, 0.5) is 0 Å². The zero-order valence-electron chi connectivity index (χ0n) is 9.97. The molecular weight excluding hydrogens is 176 g/mol. The summed E-state index contributed by atoms with van der Waals surface area (Å²) in [5.74, 6) is 0.0793. The average Bonchev–Trinajstić information content (AvgIpc) is 2.55. The smallest absolute Gasteiger partial charge is 0.216 e. The first-order valence-electron chi connectivity index (χ1n) is 5.65. The van der Waals surface area contributed by atoms with Crippen molar-refractivity contribution in [2.45, 2.75) is 46.1 Å². The third-order valence-corrected chi connectivity index (χ3v) is 2.52. The van der Waals surface area contributed by atoms with Crippen molar-refractivity contribution in [1.29, 1.82) is 0 Å². The second-order valence-electron chi connectivity index (χ2n) is 3.55. The number of amides is 1. The van der Waals surface area contributed by atoms with Gasteiger partial charge in [0.2, 0.25) is 5.91 Å². The Morgan fingerprint density at radius 2 is 2.14 bits per heavy atom. The molecule has 0 saturated carbocycles. The molecule has 1 N–H and O–H groups in total. The van der Waals surface area contributed by atoms with Crippen LogP contribution in [0.1, 0.15) is 40.0 Å². The SMILES string of the molecule is CC.CC(=O)NCCC1CCCN1C. The van der Waals surface area contributed by atoms with Gasteiger partial charge in [-0.25, -0.2) is 0 Å². The second kappa shape index (κ2) is 7.80. The first kappa shape index (κ1) is 13.4. The minimum Gasteiger partial charge on any atom is -0.356 e. The molecule has 0 aromatic rings. The average molecular weight is 200 g/mol. The summed E-state index contributed by atoms with van der Waals surface area (Å²) in [6.45, 7) is 7.60. The fraction of sp³-hybridized carbons (Fsp3) is 0.909. The molecule has 0 spiro atoms. The lowest BCUT2D eigenvalue weighted by Crippen LogP contribution is -2.30. The number of carbonyl (C=O) groups excluding carboxylic acids is 1. The van der Waals surface area contributed by atoms with Crippen molar-refractivity contribution in [3.8, 4) is 0 Å². The molecular formula is C11H24N2O. The summed E-state index contributed by atoms with van der Waals surface area (Å²) in [5.41, 5.74) is 0.